The standard InChI is InChI=1S/C11H18I2N2O3/c1-10(12,11-13(14-11)15-11)9(16)18-8(17-2)7-5-3-4-6-7/h7-8,14-15H,3-6H2,1-2H3. The Bertz CT molecular complexity index is 365. The van der Waals surface area contributed by atoms with E-state index in [-0.39, 0.29) is 15.9 Å². The number of hydrogen-bond donors (Lipinski definition) is 2. The molecule has 0 aromatic carbocycles. The van der Waals surface area contributed by atoms with Gasteiger partial charge < -0.3 is 0 Å². The fraction of sp³-hybridized carbons (Fsp3) is 0.909. The summed E-state index contributed by atoms with van der Waals surface area (Å²) in [6.45, 7) is 1.95. The van der Waals surface area contributed by atoms with Crippen LogP contribution < -0.4 is 7.06 Å². The van der Waals surface area contributed by atoms with Crippen molar-refractivity contribution in [3.63, 3.8) is 0 Å². The van der Waals surface area contributed by atoms with Crippen LogP contribution in [0.4, 0.5) is 0 Å². The SMILES string of the molecule is COC(OC(=O)C(C)(I)C12NI1N2)C1CCCC1. The fourth-order valence-corrected chi connectivity index (χ4v) is 10.3. The number of carbonyl (C=O) groups is 1. The first-order valence-corrected chi connectivity index (χ1v) is 10.5. The second-order valence-corrected chi connectivity index (χ2v) is 11.7. The molecule has 2 N–H and O–H groups in total. The van der Waals surface area contributed by atoms with Gasteiger partial charge in [0, 0.05) is 0 Å². The van der Waals surface area contributed by atoms with Crippen molar-refractivity contribution in [2.45, 2.75) is 46.0 Å². The number of esters is 1. The fourth-order valence-electron chi connectivity index (χ4n) is 2.50. The van der Waals surface area contributed by atoms with Crippen LogP contribution >= 0.6 is 43.0 Å². The van der Waals surface area contributed by atoms with Crippen LogP contribution in [-0.4, -0.2) is 26.5 Å². The minimum atomic E-state index is -1.13. The summed E-state index contributed by atoms with van der Waals surface area (Å²) >= 11 is 1.08. The summed E-state index contributed by atoms with van der Waals surface area (Å²) in [6, 6.07) is 0. The van der Waals surface area contributed by atoms with Gasteiger partial charge in [-0.2, -0.15) is 0 Å². The Hall–Kier alpha value is 0.810. The van der Waals surface area contributed by atoms with Crippen molar-refractivity contribution in [1.82, 2.24) is 7.06 Å². The first kappa shape index (κ1) is 13.8. The Balaban J connectivity index is 1.62. The summed E-state index contributed by atoms with van der Waals surface area (Å²) in [4.78, 5) is 12.3. The Morgan fingerprint density at radius 1 is 1.50 bits per heavy atom. The first-order chi connectivity index (χ1) is 8.51. The molecular formula is C11H18I2N2O3. The summed E-state index contributed by atoms with van der Waals surface area (Å²) in [5, 5.41) is 0. The quantitative estimate of drug-likeness (QED) is 0.120. The molecule has 0 spiro atoms. The van der Waals surface area contributed by atoms with E-state index in [9.17, 15) is 4.79 Å². The van der Waals surface area contributed by atoms with Crippen molar-refractivity contribution in [2.24, 2.45) is 5.92 Å². The van der Waals surface area contributed by atoms with Gasteiger partial charge in [0.1, 0.15) is 0 Å². The molecule has 2 heterocycles. The van der Waals surface area contributed by atoms with Crippen molar-refractivity contribution in [1.29, 1.82) is 0 Å². The molecule has 2 atom stereocenters. The zero-order valence-electron chi connectivity index (χ0n) is 10.5. The molecule has 7 heteroatoms. The molecule has 3 rings (SSSR count). The summed E-state index contributed by atoms with van der Waals surface area (Å²) < 4.78 is 17.2. The zero-order chi connectivity index (χ0) is 13.0. The van der Waals surface area contributed by atoms with E-state index >= 15 is 0 Å². The molecule has 2 aliphatic heterocycles. The van der Waals surface area contributed by atoms with Gasteiger partial charge in [-0.05, 0) is 0 Å². The third-order valence-corrected chi connectivity index (χ3v) is 11.1. The van der Waals surface area contributed by atoms with E-state index < -0.39 is 23.8 Å². The third-order valence-electron chi connectivity index (χ3n) is 3.93. The molecule has 0 radical (unpaired) electrons. The van der Waals surface area contributed by atoms with Crippen LogP contribution in [-0.2, 0) is 14.3 Å². The van der Waals surface area contributed by atoms with Gasteiger partial charge >= 0.3 is 129 Å². The number of halogens is 2. The normalized spacial score (nSPS) is 31.4. The molecule has 0 bridgehead atoms. The number of methoxy groups -OCH3 is 1. The molecule has 104 valence electrons. The van der Waals surface area contributed by atoms with Crippen LogP contribution in [0, 0.1) is 5.92 Å². The van der Waals surface area contributed by atoms with Crippen molar-refractivity contribution < 1.29 is 14.3 Å². The van der Waals surface area contributed by atoms with Gasteiger partial charge in [0.05, 0.1) is 0 Å². The predicted molar refractivity (Wildman–Crippen MR) is 84.3 cm³/mol. The van der Waals surface area contributed by atoms with Crippen molar-refractivity contribution >= 4 is 48.9 Å². The Kier molecular flexibility index (Phi) is 3.58. The average Bonchev–Trinajstić information content (AvgIpc) is 3.13. The molecule has 0 aromatic heterocycles. The van der Waals surface area contributed by atoms with Crippen molar-refractivity contribution in [2.75, 3.05) is 7.11 Å². The number of alkyl halides is 2. The summed E-state index contributed by atoms with van der Waals surface area (Å²) in [7, 11) is 1.63. The van der Waals surface area contributed by atoms with E-state index in [1.54, 1.807) is 7.11 Å². The Labute approximate surface area is 128 Å². The molecule has 3 aliphatic rings. The van der Waals surface area contributed by atoms with Crippen molar-refractivity contribution in [3.05, 3.63) is 0 Å². The number of carbonyl (C=O) groups excluding carboxylic acids is 1. The topological polar surface area (TPSA) is 79.4 Å². The van der Waals surface area contributed by atoms with E-state index in [0.29, 0.717) is 5.92 Å². The molecule has 1 aliphatic carbocycles. The number of hydrogen-bond acceptors (Lipinski definition) is 5. The Morgan fingerprint density at radius 3 is 2.50 bits per heavy atom. The summed E-state index contributed by atoms with van der Waals surface area (Å²) in [6.07, 6.45) is 4.26. The average molecular weight is 480 g/mol. The van der Waals surface area contributed by atoms with Gasteiger partial charge in [-0.25, -0.2) is 0 Å². The van der Waals surface area contributed by atoms with Gasteiger partial charge in [-0.3, -0.25) is 0 Å². The predicted octanol–water partition coefficient (Wildman–Crippen LogP) is 2.08. The summed E-state index contributed by atoms with van der Waals surface area (Å²) in [5.41, 5.74) is 0. The van der Waals surface area contributed by atoms with E-state index in [0.717, 1.165) is 12.8 Å². The Morgan fingerprint density at radius 2 is 2.06 bits per heavy atom. The van der Waals surface area contributed by atoms with E-state index in [4.69, 9.17) is 9.47 Å². The van der Waals surface area contributed by atoms with Crippen LogP contribution in [0.3, 0.4) is 0 Å². The van der Waals surface area contributed by atoms with Crippen LogP contribution in [0.25, 0.3) is 0 Å². The molecule has 3 fully saturated rings. The maximum atomic E-state index is 12.3. The molecule has 18 heavy (non-hydrogen) atoms. The summed E-state index contributed by atoms with van der Waals surface area (Å²) in [5.74, 6) is 0.219. The van der Waals surface area contributed by atoms with Gasteiger partial charge in [-0.15, -0.1) is 0 Å². The molecule has 0 aromatic rings. The third kappa shape index (κ3) is 2.09. The molecule has 0 amide bonds. The second-order valence-electron chi connectivity index (χ2n) is 5.19. The second kappa shape index (κ2) is 4.68. The molecule has 2 saturated heterocycles. The van der Waals surface area contributed by atoms with Gasteiger partial charge in [-0.1, -0.05) is 0 Å². The van der Waals surface area contributed by atoms with E-state index in [1.807, 2.05) is 6.92 Å². The van der Waals surface area contributed by atoms with Crippen LogP contribution in [0.1, 0.15) is 32.6 Å². The van der Waals surface area contributed by atoms with Crippen LogP contribution in [0.2, 0.25) is 0 Å². The first-order valence-electron chi connectivity index (χ1n) is 6.19. The minimum absolute atomic E-state index is 0.0669. The number of rotatable bonds is 5. The van der Waals surface area contributed by atoms with Gasteiger partial charge in [0.2, 0.25) is 0 Å². The van der Waals surface area contributed by atoms with Crippen LogP contribution in [0.15, 0.2) is 0 Å². The van der Waals surface area contributed by atoms with Gasteiger partial charge in [0.25, 0.3) is 0 Å². The van der Waals surface area contributed by atoms with Crippen molar-refractivity contribution in [3.8, 4) is 0 Å². The molecular weight excluding hydrogens is 462 g/mol. The van der Waals surface area contributed by atoms with Gasteiger partial charge in [0.15, 0.2) is 0 Å². The molecule has 5 nitrogen and oxygen atoms in total. The molecule has 2 unspecified atom stereocenters. The van der Waals surface area contributed by atoms with E-state index in [2.05, 4.69) is 29.7 Å². The zero-order valence-corrected chi connectivity index (χ0v) is 14.8. The van der Waals surface area contributed by atoms with Crippen LogP contribution in [0.5, 0.6) is 0 Å². The van der Waals surface area contributed by atoms with E-state index in [1.165, 1.54) is 12.8 Å². The number of nitrogens with one attached hydrogen (secondary N) is 2. The number of ether oxygens (including phenoxy) is 2. The number of fused-ring (bicyclic) bond motifs is 1. The maximum absolute atomic E-state index is 12.3. The molecule has 1 saturated carbocycles. The monoisotopic (exact) mass is 480 g/mol.